The number of sulfonamides is 1. The monoisotopic (exact) mass is 346 g/mol. The zero-order chi connectivity index (χ0) is 16.8. The van der Waals surface area contributed by atoms with Crippen LogP contribution in [-0.2, 0) is 16.6 Å². The second-order valence-electron chi connectivity index (χ2n) is 5.29. The zero-order valence-electron chi connectivity index (χ0n) is 12.1. The molecular formula is C13H13F3N4O2S. The molecule has 1 saturated carbocycles. The van der Waals surface area contributed by atoms with Crippen LogP contribution in [0.2, 0.25) is 0 Å². The minimum absolute atomic E-state index is 0.180. The number of aryl methyl sites for hydroxylation is 1. The van der Waals surface area contributed by atoms with Gasteiger partial charge in [-0.2, -0.15) is 0 Å². The van der Waals surface area contributed by atoms with E-state index in [2.05, 4.69) is 14.9 Å². The molecule has 1 aliphatic carbocycles. The second-order valence-corrected chi connectivity index (χ2v) is 7.06. The lowest BCUT2D eigenvalue weighted by atomic mass is 10.3. The number of hydrogen-bond acceptors (Lipinski definition) is 4. The lowest BCUT2D eigenvalue weighted by molar-refractivity contribution is 0.442. The van der Waals surface area contributed by atoms with Gasteiger partial charge >= 0.3 is 0 Å². The van der Waals surface area contributed by atoms with Crippen molar-refractivity contribution in [3.63, 3.8) is 0 Å². The summed E-state index contributed by atoms with van der Waals surface area (Å²) in [5.74, 6) is -3.77. The molecule has 0 saturated heterocycles. The SMILES string of the molecule is Cc1nnc(CNS(=O)(=O)c2cc(F)c(F)c(F)c2)n1C1CC1. The van der Waals surface area contributed by atoms with E-state index in [4.69, 9.17) is 0 Å². The van der Waals surface area contributed by atoms with E-state index in [0.717, 1.165) is 12.8 Å². The van der Waals surface area contributed by atoms with Gasteiger partial charge in [0.05, 0.1) is 11.4 Å². The molecule has 3 rings (SSSR count). The first kappa shape index (κ1) is 15.9. The Morgan fingerprint density at radius 3 is 2.39 bits per heavy atom. The Morgan fingerprint density at radius 2 is 1.83 bits per heavy atom. The summed E-state index contributed by atoms with van der Waals surface area (Å²) in [4.78, 5) is -0.692. The topological polar surface area (TPSA) is 76.9 Å². The number of nitrogens with one attached hydrogen (secondary N) is 1. The smallest absolute Gasteiger partial charge is 0.241 e. The lowest BCUT2D eigenvalue weighted by Crippen LogP contribution is -2.25. The Hall–Kier alpha value is -1.94. The predicted octanol–water partition coefficient (Wildman–Crippen LogP) is 1.82. The van der Waals surface area contributed by atoms with Crippen molar-refractivity contribution in [3.8, 4) is 0 Å². The number of benzene rings is 1. The van der Waals surface area contributed by atoms with Gasteiger partial charge in [0.2, 0.25) is 10.0 Å². The van der Waals surface area contributed by atoms with Crippen molar-refractivity contribution < 1.29 is 21.6 Å². The van der Waals surface area contributed by atoms with E-state index in [-0.39, 0.29) is 12.6 Å². The molecule has 1 fully saturated rings. The number of nitrogens with zero attached hydrogens (tertiary/aromatic N) is 3. The average molecular weight is 346 g/mol. The minimum atomic E-state index is -4.21. The predicted molar refractivity (Wildman–Crippen MR) is 73.4 cm³/mol. The highest BCUT2D eigenvalue weighted by Crippen LogP contribution is 2.36. The van der Waals surface area contributed by atoms with E-state index in [1.54, 1.807) is 6.92 Å². The Kier molecular flexibility index (Phi) is 3.88. The van der Waals surface area contributed by atoms with Crippen LogP contribution in [-0.4, -0.2) is 23.2 Å². The number of halogens is 3. The fraction of sp³-hybridized carbons (Fsp3) is 0.385. The molecule has 23 heavy (non-hydrogen) atoms. The third-order valence-electron chi connectivity index (χ3n) is 3.54. The Balaban J connectivity index is 1.82. The molecule has 0 spiro atoms. The molecule has 0 amide bonds. The van der Waals surface area contributed by atoms with Crippen LogP contribution in [0.15, 0.2) is 17.0 Å². The summed E-state index contributed by atoms with van der Waals surface area (Å²) < 4.78 is 67.5. The summed E-state index contributed by atoms with van der Waals surface area (Å²) in [6, 6.07) is 1.11. The van der Waals surface area contributed by atoms with Crippen LogP contribution in [0.3, 0.4) is 0 Å². The molecule has 0 bridgehead atoms. The van der Waals surface area contributed by atoms with Gasteiger partial charge in [-0.1, -0.05) is 0 Å². The molecule has 2 aromatic rings. The summed E-state index contributed by atoms with van der Waals surface area (Å²) in [6.07, 6.45) is 1.93. The highest BCUT2D eigenvalue weighted by molar-refractivity contribution is 7.89. The van der Waals surface area contributed by atoms with Crippen LogP contribution < -0.4 is 4.72 Å². The summed E-state index contributed by atoms with van der Waals surface area (Å²) in [5.41, 5.74) is 0. The van der Waals surface area contributed by atoms with Gasteiger partial charge in [-0.3, -0.25) is 0 Å². The zero-order valence-corrected chi connectivity index (χ0v) is 12.9. The first-order chi connectivity index (χ1) is 10.8. The van der Waals surface area contributed by atoms with Crippen LogP contribution in [0.25, 0.3) is 0 Å². The quantitative estimate of drug-likeness (QED) is 0.838. The summed E-state index contributed by atoms with van der Waals surface area (Å²) in [7, 11) is -4.21. The average Bonchev–Trinajstić information content (AvgIpc) is 3.25. The van der Waals surface area contributed by atoms with E-state index in [1.165, 1.54) is 0 Å². The van der Waals surface area contributed by atoms with Gasteiger partial charge in [0.15, 0.2) is 17.5 Å². The molecule has 1 aliphatic rings. The van der Waals surface area contributed by atoms with E-state index in [1.807, 2.05) is 4.57 Å². The Labute approximate surface area is 130 Å². The van der Waals surface area contributed by atoms with Gasteiger partial charge in [-0.05, 0) is 31.9 Å². The van der Waals surface area contributed by atoms with Gasteiger partial charge in [-0.25, -0.2) is 26.3 Å². The highest BCUT2D eigenvalue weighted by atomic mass is 32.2. The fourth-order valence-electron chi connectivity index (χ4n) is 2.27. The Bertz CT molecular complexity index is 839. The standard InChI is InChI=1S/C13H13F3N4O2S/c1-7-18-19-12(20(7)8-2-3-8)6-17-23(21,22)9-4-10(14)13(16)11(15)5-9/h4-5,8,17H,2-3,6H2,1H3. The summed E-state index contributed by atoms with van der Waals surface area (Å²) in [6.45, 7) is 1.58. The molecule has 1 aromatic carbocycles. The minimum Gasteiger partial charge on any atom is -0.311 e. The molecule has 0 aliphatic heterocycles. The van der Waals surface area contributed by atoms with E-state index in [9.17, 15) is 21.6 Å². The first-order valence-electron chi connectivity index (χ1n) is 6.84. The van der Waals surface area contributed by atoms with E-state index >= 15 is 0 Å². The van der Waals surface area contributed by atoms with Crippen molar-refractivity contribution in [2.24, 2.45) is 0 Å². The molecular weight excluding hydrogens is 333 g/mol. The van der Waals surface area contributed by atoms with Crippen LogP contribution in [0, 0.1) is 24.4 Å². The highest BCUT2D eigenvalue weighted by Gasteiger charge is 2.29. The van der Waals surface area contributed by atoms with Gasteiger partial charge in [0.1, 0.15) is 11.6 Å². The molecule has 1 heterocycles. The maximum Gasteiger partial charge on any atom is 0.241 e. The van der Waals surface area contributed by atoms with Crippen LogP contribution in [0.5, 0.6) is 0 Å². The van der Waals surface area contributed by atoms with Gasteiger partial charge in [0.25, 0.3) is 0 Å². The number of hydrogen-bond donors (Lipinski definition) is 1. The van der Waals surface area contributed by atoms with Crippen molar-refractivity contribution in [1.29, 1.82) is 0 Å². The van der Waals surface area contributed by atoms with E-state index in [0.29, 0.717) is 23.8 Å². The molecule has 0 radical (unpaired) electrons. The molecule has 1 aromatic heterocycles. The van der Waals surface area contributed by atoms with Gasteiger partial charge < -0.3 is 4.57 Å². The molecule has 6 nitrogen and oxygen atoms in total. The third kappa shape index (κ3) is 3.08. The summed E-state index contributed by atoms with van der Waals surface area (Å²) >= 11 is 0. The molecule has 10 heteroatoms. The summed E-state index contributed by atoms with van der Waals surface area (Å²) in [5, 5.41) is 7.80. The van der Waals surface area contributed by atoms with Crippen molar-refractivity contribution in [1.82, 2.24) is 19.5 Å². The maximum atomic E-state index is 13.2. The second kappa shape index (κ2) is 5.60. The van der Waals surface area contributed by atoms with Crippen LogP contribution in [0.1, 0.15) is 30.5 Å². The molecule has 124 valence electrons. The molecule has 0 unspecified atom stereocenters. The number of aromatic nitrogens is 3. The van der Waals surface area contributed by atoms with Crippen molar-refractivity contribution >= 4 is 10.0 Å². The largest absolute Gasteiger partial charge is 0.311 e. The number of rotatable bonds is 5. The van der Waals surface area contributed by atoms with Gasteiger partial charge in [-0.15, -0.1) is 10.2 Å². The van der Waals surface area contributed by atoms with Crippen molar-refractivity contribution in [3.05, 3.63) is 41.2 Å². The van der Waals surface area contributed by atoms with Crippen molar-refractivity contribution in [2.45, 2.75) is 37.2 Å². The molecule has 1 N–H and O–H groups in total. The molecule has 0 atom stereocenters. The maximum absolute atomic E-state index is 13.2. The van der Waals surface area contributed by atoms with E-state index < -0.39 is 32.4 Å². The van der Waals surface area contributed by atoms with Crippen LogP contribution in [0.4, 0.5) is 13.2 Å². The third-order valence-corrected chi connectivity index (χ3v) is 4.92. The lowest BCUT2D eigenvalue weighted by Gasteiger charge is -2.09. The van der Waals surface area contributed by atoms with Gasteiger partial charge in [0, 0.05) is 6.04 Å². The Morgan fingerprint density at radius 1 is 1.22 bits per heavy atom. The van der Waals surface area contributed by atoms with Crippen molar-refractivity contribution in [2.75, 3.05) is 0 Å². The fourth-order valence-corrected chi connectivity index (χ4v) is 3.27. The van der Waals surface area contributed by atoms with Crippen LogP contribution >= 0.6 is 0 Å². The first-order valence-corrected chi connectivity index (χ1v) is 8.32. The normalized spacial score (nSPS) is 15.1.